The zero-order valence-electron chi connectivity index (χ0n) is 10.6. The van der Waals surface area contributed by atoms with Gasteiger partial charge in [0.1, 0.15) is 12.1 Å². The Labute approximate surface area is 124 Å². The molecule has 0 unspecified atom stereocenters. The van der Waals surface area contributed by atoms with Crippen LogP contribution < -0.4 is 0 Å². The van der Waals surface area contributed by atoms with Crippen LogP contribution in [0.4, 0.5) is 4.39 Å². The molecule has 1 N–H and O–H groups in total. The third-order valence-corrected chi connectivity index (χ3v) is 3.63. The number of benzene rings is 1. The van der Waals surface area contributed by atoms with Crippen LogP contribution in [0.25, 0.3) is 11.0 Å². The Morgan fingerprint density at radius 2 is 2.25 bits per heavy atom. The lowest BCUT2D eigenvalue weighted by molar-refractivity contribution is 0.626. The first kappa shape index (κ1) is 13.3. The molecule has 0 atom stereocenters. The summed E-state index contributed by atoms with van der Waals surface area (Å²) >= 11 is 11.0. The number of fused-ring (bicyclic) bond motifs is 1. The van der Waals surface area contributed by atoms with Crippen LogP contribution in [0, 0.1) is 10.6 Å². The van der Waals surface area contributed by atoms with E-state index in [9.17, 15) is 4.39 Å². The lowest BCUT2D eigenvalue weighted by atomic mass is 10.3. The average Bonchev–Trinajstić information content (AvgIpc) is 2.92. The molecule has 3 rings (SSSR count). The van der Waals surface area contributed by atoms with Crippen LogP contribution in [-0.4, -0.2) is 24.3 Å². The summed E-state index contributed by atoms with van der Waals surface area (Å²) in [7, 11) is 1.81. The molecule has 5 nitrogen and oxygen atoms in total. The molecule has 2 heterocycles. The van der Waals surface area contributed by atoms with Crippen molar-refractivity contribution >= 4 is 34.9 Å². The van der Waals surface area contributed by atoms with E-state index in [1.807, 2.05) is 11.6 Å². The second-order valence-electron chi connectivity index (χ2n) is 4.45. The number of halogens is 2. The number of H-pyrrole nitrogens is 1. The normalized spacial score (nSPS) is 11.3. The summed E-state index contributed by atoms with van der Waals surface area (Å²) in [5.41, 5.74) is 1.41. The summed E-state index contributed by atoms with van der Waals surface area (Å²) in [6.45, 7) is 0.573. The number of hydrogen-bond donors (Lipinski definition) is 1. The van der Waals surface area contributed by atoms with Crippen molar-refractivity contribution < 1.29 is 4.39 Å². The van der Waals surface area contributed by atoms with Crippen LogP contribution in [0.2, 0.25) is 5.02 Å². The standard InChI is InChI=1S/C12H11ClFN5S/c1-18-6-15-11(17-18)2-3-19-10-5-8(14)7(13)4-9(10)16-12(19)20/h4-6H,2-3H2,1H3,(H,16,20). The zero-order valence-corrected chi connectivity index (χ0v) is 12.2. The monoisotopic (exact) mass is 311 g/mol. The summed E-state index contributed by atoms with van der Waals surface area (Å²) in [4.78, 5) is 7.17. The third kappa shape index (κ3) is 2.34. The molecular formula is C12H11ClFN5S. The first-order valence-corrected chi connectivity index (χ1v) is 6.75. The van der Waals surface area contributed by atoms with Crippen molar-refractivity contribution in [2.45, 2.75) is 13.0 Å². The second-order valence-corrected chi connectivity index (χ2v) is 5.24. The molecule has 0 saturated carbocycles. The van der Waals surface area contributed by atoms with Gasteiger partial charge in [0.2, 0.25) is 0 Å². The SMILES string of the molecule is Cn1cnc(CCn2c(=S)[nH]c3cc(Cl)c(F)cc32)n1. The van der Waals surface area contributed by atoms with Crippen LogP contribution in [0.5, 0.6) is 0 Å². The number of nitrogens with zero attached hydrogens (tertiary/aromatic N) is 4. The average molecular weight is 312 g/mol. The van der Waals surface area contributed by atoms with E-state index in [4.69, 9.17) is 23.8 Å². The first-order valence-electron chi connectivity index (χ1n) is 5.96. The van der Waals surface area contributed by atoms with Gasteiger partial charge in [0.15, 0.2) is 10.6 Å². The summed E-state index contributed by atoms with van der Waals surface area (Å²) in [6.07, 6.45) is 2.26. The van der Waals surface area contributed by atoms with Gasteiger partial charge in [-0.25, -0.2) is 9.37 Å². The molecule has 3 aromatic rings. The smallest absolute Gasteiger partial charge is 0.178 e. The molecule has 0 aliphatic rings. The molecule has 0 bridgehead atoms. The molecule has 0 saturated heterocycles. The third-order valence-electron chi connectivity index (χ3n) is 3.02. The molecule has 0 spiro atoms. The fourth-order valence-corrected chi connectivity index (χ4v) is 2.55. The molecular weight excluding hydrogens is 301 g/mol. The van der Waals surface area contributed by atoms with E-state index in [-0.39, 0.29) is 5.02 Å². The highest BCUT2D eigenvalue weighted by molar-refractivity contribution is 7.71. The van der Waals surface area contributed by atoms with Crippen molar-refractivity contribution in [2.24, 2.45) is 7.05 Å². The molecule has 104 valence electrons. The molecule has 0 fully saturated rings. The highest BCUT2D eigenvalue weighted by Crippen LogP contribution is 2.22. The van der Waals surface area contributed by atoms with Crippen LogP contribution in [0.15, 0.2) is 18.5 Å². The Hall–Kier alpha value is -1.73. The van der Waals surface area contributed by atoms with Gasteiger partial charge < -0.3 is 9.55 Å². The number of hydrogen-bond acceptors (Lipinski definition) is 3. The van der Waals surface area contributed by atoms with Crippen molar-refractivity contribution in [3.05, 3.63) is 39.9 Å². The fraction of sp³-hybridized carbons (Fsp3) is 0.250. The van der Waals surface area contributed by atoms with E-state index in [2.05, 4.69) is 15.1 Å². The minimum Gasteiger partial charge on any atom is -0.331 e. The maximum absolute atomic E-state index is 13.6. The molecule has 0 amide bonds. The lowest BCUT2D eigenvalue weighted by Gasteiger charge is -2.03. The van der Waals surface area contributed by atoms with E-state index >= 15 is 0 Å². The van der Waals surface area contributed by atoms with Crippen LogP contribution >= 0.6 is 23.8 Å². The van der Waals surface area contributed by atoms with Gasteiger partial charge in [0, 0.05) is 26.1 Å². The van der Waals surface area contributed by atoms with E-state index in [1.54, 1.807) is 11.0 Å². The van der Waals surface area contributed by atoms with E-state index in [0.29, 0.717) is 23.3 Å². The van der Waals surface area contributed by atoms with Crippen LogP contribution in [-0.2, 0) is 20.0 Å². The Balaban J connectivity index is 1.96. The van der Waals surface area contributed by atoms with Gasteiger partial charge in [0.05, 0.1) is 16.1 Å². The summed E-state index contributed by atoms with van der Waals surface area (Å²) in [6, 6.07) is 2.92. The molecule has 8 heteroatoms. The molecule has 0 aliphatic heterocycles. The largest absolute Gasteiger partial charge is 0.331 e. The maximum atomic E-state index is 13.6. The number of aromatic amines is 1. The number of aromatic nitrogens is 5. The van der Waals surface area contributed by atoms with E-state index < -0.39 is 5.82 Å². The Morgan fingerprint density at radius 1 is 1.45 bits per heavy atom. The topological polar surface area (TPSA) is 51.4 Å². The van der Waals surface area contributed by atoms with Crippen molar-refractivity contribution in [3.63, 3.8) is 0 Å². The molecule has 2 aromatic heterocycles. The maximum Gasteiger partial charge on any atom is 0.178 e. The number of aryl methyl sites for hydroxylation is 3. The number of nitrogens with one attached hydrogen (secondary N) is 1. The Morgan fingerprint density at radius 3 is 2.95 bits per heavy atom. The van der Waals surface area contributed by atoms with Gasteiger partial charge in [-0.2, -0.15) is 5.10 Å². The number of rotatable bonds is 3. The highest BCUT2D eigenvalue weighted by atomic mass is 35.5. The van der Waals surface area contributed by atoms with Crippen molar-refractivity contribution in [1.29, 1.82) is 0 Å². The minimum absolute atomic E-state index is 0.0762. The van der Waals surface area contributed by atoms with Crippen molar-refractivity contribution in [2.75, 3.05) is 0 Å². The molecule has 0 aliphatic carbocycles. The predicted octanol–water partition coefficient (Wildman–Crippen LogP) is 2.86. The van der Waals surface area contributed by atoms with Gasteiger partial charge in [-0.1, -0.05) is 11.6 Å². The van der Waals surface area contributed by atoms with Gasteiger partial charge in [-0.15, -0.1) is 0 Å². The van der Waals surface area contributed by atoms with Crippen LogP contribution in [0.3, 0.4) is 0 Å². The van der Waals surface area contributed by atoms with Gasteiger partial charge in [0.25, 0.3) is 0 Å². The highest BCUT2D eigenvalue weighted by Gasteiger charge is 2.10. The first-order chi connectivity index (χ1) is 9.54. The van der Waals surface area contributed by atoms with Crippen molar-refractivity contribution in [1.82, 2.24) is 24.3 Å². The molecule has 20 heavy (non-hydrogen) atoms. The second kappa shape index (κ2) is 4.99. The summed E-state index contributed by atoms with van der Waals surface area (Å²) in [5.74, 6) is 0.260. The van der Waals surface area contributed by atoms with Crippen molar-refractivity contribution in [3.8, 4) is 0 Å². The fourth-order valence-electron chi connectivity index (χ4n) is 2.08. The van der Waals surface area contributed by atoms with E-state index in [0.717, 1.165) is 11.3 Å². The summed E-state index contributed by atoms with van der Waals surface area (Å²) < 4.78 is 17.6. The zero-order chi connectivity index (χ0) is 14.3. The minimum atomic E-state index is -0.460. The molecule has 1 aromatic carbocycles. The summed E-state index contributed by atoms with van der Waals surface area (Å²) in [5, 5.41) is 4.28. The van der Waals surface area contributed by atoms with Gasteiger partial charge >= 0.3 is 0 Å². The lowest BCUT2D eigenvalue weighted by Crippen LogP contribution is -2.03. The van der Waals surface area contributed by atoms with Gasteiger partial charge in [-0.3, -0.25) is 4.68 Å². The Kier molecular flexibility index (Phi) is 3.31. The van der Waals surface area contributed by atoms with Gasteiger partial charge in [-0.05, 0) is 18.3 Å². The quantitative estimate of drug-likeness (QED) is 0.757. The number of imidazole rings is 1. The van der Waals surface area contributed by atoms with E-state index in [1.165, 1.54) is 12.1 Å². The van der Waals surface area contributed by atoms with Crippen LogP contribution in [0.1, 0.15) is 5.82 Å². The molecule has 0 radical (unpaired) electrons. The Bertz CT molecular complexity index is 834. The predicted molar refractivity (Wildman–Crippen MR) is 76.8 cm³/mol.